The molecule has 3 rings (SSSR count). The van der Waals surface area contributed by atoms with Gasteiger partial charge in [0.2, 0.25) is 0 Å². The minimum absolute atomic E-state index is 0.308. The van der Waals surface area contributed by atoms with E-state index in [4.69, 9.17) is 5.10 Å². The molecule has 0 aliphatic carbocycles. The van der Waals surface area contributed by atoms with Crippen molar-refractivity contribution >= 4 is 23.9 Å². The minimum atomic E-state index is 0.308. The van der Waals surface area contributed by atoms with E-state index in [2.05, 4.69) is 61.0 Å². The third-order valence-corrected chi connectivity index (χ3v) is 5.92. The molecule has 0 fully saturated rings. The number of benzene rings is 2. The molecule has 1 heterocycles. The number of hydrogen-bond acceptors (Lipinski definition) is 1. The normalized spacial score (nSPS) is 10.7. The zero-order chi connectivity index (χ0) is 13.9. The van der Waals surface area contributed by atoms with Gasteiger partial charge in [0.25, 0.3) is 0 Å². The number of aryl methyl sites for hydroxylation is 1. The first-order chi connectivity index (χ1) is 9.75. The molecule has 0 aliphatic rings. The monoisotopic (exact) mass is 329 g/mol. The van der Waals surface area contributed by atoms with E-state index in [1.54, 1.807) is 0 Å². The zero-order valence-electron chi connectivity index (χ0n) is 11.6. The number of para-hydroxylation sites is 1. The average Bonchev–Trinajstić information content (AvgIpc) is 2.77. The SMILES string of the molecule is Cc1c([Se]c2ccccc2)[13c](C)nn1-c1ccccc1. The Kier molecular flexibility index (Phi) is 3.72. The molecule has 0 saturated carbocycles. The number of rotatable bonds is 3. The quantitative estimate of drug-likeness (QED) is 0.674. The first-order valence-electron chi connectivity index (χ1n) is 6.60. The fourth-order valence-corrected chi connectivity index (χ4v) is 4.20. The van der Waals surface area contributed by atoms with Crippen molar-refractivity contribution in [2.75, 3.05) is 0 Å². The first-order valence-corrected chi connectivity index (χ1v) is 8.31. The van der Waals surface area contributed by atoms with Crippen LogP contribution in [0.25, 0.3) is 5.69 Å². The second-order valence-electron chi connectivity index (χ2n) is 4.66. The van der Waals surface area contributed by atoms with Gasteiger partial charge in [-0.3, -0.25) is 0 Å². The van der Waals surface area contributed by atoms with Crippen LogP contribution in [0, 0.1) is 13.8 Å². The Morgan fingerprint density at radius 3 is 2.10 bits per heavy atom. The molecule has 100 valence electrons. The molecule has 3 aromatic rings. The summed E-state index contributed by atoms with van der Waals surface area (Å²) in [4.78, 5) is 0. The Balaban J connectivity index is 1.99. The van der Waals surface area contributed by atoms with Gasteiger partial charge in [-0.1, -0.05) is 0 Å². The summed E-state index contributed by atoms with van der Waals surface area (Å²) in [6.45, 7) is 4.26. The molecule has 1 aromatic heterocycles. The predicted octanol–water partition coefficient (Wildman–Crippen LogP) is 2.14. The van der Waals surface area contributed by atoms with Gasteiger partial charge in [-0.25, -0.2) is 0 Å². The van der Waals surface area contributed by atoms with Crippen LogP contribution in [-0.4, -0.2) is 24.7 Å². The molecule has 0 spiro atoms. The van der Waals surface area contributed by atoms with Crippen molar-refractivity contribution in [3.05, 3.63) is 72.1 Å². The summed E-state index contributed by atoms with van der Waals surface area (Å²) in [6, 6.07) is 21.0. The summed E-state index contributed by atoms with van der Waals surface area (Å²) in [6.07, 6.45) is 0. The number of aromatic nitrogens is 2. The molecule has 20 heavy (non-hydrogen) atoms. The average molecular weight is 328 g/mol. The second-order valence-corrected chi connectivity index (χ2v) is 6.94. The summed E-state index contributed by atoms with van der Waals surface area (Å²) in [5.74, 6) is 0. The molecule has 0 amide bonds. The van der Waals surface area contributed by atoms with Gasteiger partial charge in [0.1, 0.15) is 0 Å². The van der Waals surface area contributed by atoms with E-state index in [0.29, 0.717) is 15.0 Å². The number of hydrogen-bond donors (Lipinski definition) is 0. The molecule has 0 atom stereocenters. The fourth-order valence-electron chi connectivity index (χ4n) is 2.20. The van der Waals surface area contributed by atoms with Crippen molar-refractivity contribution in [3.63, 3.8) is 0 Å². The molecule has 0 N–H and O–H groups in total. The topological polar surface area (TPSA) is 17.8 Å². The summed E-state index contributed by atoms with van der Waals surface area (Å²) >= 11 is 0.308. The van der Waals surface area contributed by atoms with Gasteiger partial charge in [-0.2, -0.15) is 0 Å². The van der Waals surface area contributed by atoms with E-state index in [-0.39, 0.29) is 0 Å². The van der Waals surface area contributed by atoms with Crippen LogP contribution >= 0.6 is 0 Å². The molecule has 2 nitrogen and oxygen atoms in total. The molecule has 2 aromatic carbocycles. The molecule has 0 radical (unpaired) electrons. The Hall–Kier alpha value is -1.83. The zero-order valence-corrected chi connectivity index (χ0v) is 13.3. The van der Waals surface area contributed by atoms with E-state index in [1.165, 1.54) is 14.6 Å². The van der Waals surface area contributed by atoms with Gasteiger partial charge < -0.3 is 0 Å². The summed E-state index contributed by atoms with van der Waals surface area (Å²) in [5.41, 5.74) is 3.51. The van der Waals surface area contributed by atoms with Crippen molar-refractivity contribution in [2.45, 2.75) is 13.8 Å². The molecule has 0 saturated heterocycles. The second kappa shape index (κ2) is 5.66. The van der Waals surface area contributed by atoms with Crippen LogP contribution in [0.15, 0.2) is 60.7 Å². The Morgan fingerprint density at radius 2 is 1.45 bits per heavy atom. The van der Waals surface area contributed by atoms with Crippen molar-refractivity contribution in [3.8, 4) is 5.69 Å². The van der Waals surface area contributed by atoms with Crippen LogP contribution in [-0.2, 0) is 0 Å². The molecule has 0 unspecified atom stereocenters. The Labute approximate surface area is 125 Å². The third kappa shape index (κ3) is 2.55. The van der Waals surface area contributed by atoms with Crippen LogP contribution in [0.2, 0.25) is 0 Å². The standard InChI is InChI=1S/C17H16N2Se/c1-13-17(20-16-11-7-4-8-12-16)14(2)19(18-13)15-9-5-3-6-10-15/h3-12H,1-2H3/i13+1. The van der Waals surface area contributed by atoms with Crippen LogP contribution in [0.4, 0.5) is 0 Å². The van der Waals surface area contributed by atoms with Crippen LogP contribution in [0.1, 0.15) is 11.4 Å². The fraction of sp³-hybridized carbons (Fsp3) is 0.118. The van der Waals surface area contributed by atoms with Crippen LogP contribution in [0.5, 0.6) is 0 Å². The molecule has 0 aliphatic heterocycles. The van der Waals surface area contributed by atoms with Gasteiger partial charge >= 0.3 is 125 Å². The van der Waals surface area contributed by atoms with E-state index >= 15 is 0 Å². The first kappa shape index (κ1) is 13.2. The Bertz CT molecular complexity index is 703. The van der Waals surface area contributed by atoms with Crippen LogP contribution in [0.3, 0.4) is 0 Å². The predicted molar refractivity (Wildman–Crippen MR) is 84.5 cm³/mol. The van der Waals surface area contributed by atoms with Gasteiger partial charge in [0, 0.05) is 0 Å². The van der Waals surface area contributed by atoms with E-state index in [0.717, 1.165) is 11.4 Å². The van der Waals surface area contributed by atoms with Crippen molar-refractivity contribution in [1.82, 2.24) is 9.78 Å². The van der Waals surface area contributed by atoms with E-state index in [1.807, 2.05) is 18.2 Å². The van der Waals surface area contributed by atoms with Crippen molar-refractivity contribution in [1.29, 1.82) is 0 Å². The molecule has 0 bridgehead atoms. The van der Waals surface area contributed by atoms with Crippen LogP contribution < -0.4 is 8.92 Å². The summed E-state index contributed by atoms with van der Waals surface area (Å²) in [5, 5.41) is 4.71. The number of nitrogens with zero attached hydrogens (tertiary/aromatic N) is 2. The van der Waals surface area contributed by atoms with Gasteiger partial charge in [-0.15, -0.1) is 0 Å². The van der Waals surface area contributed by atoms with Gasteiger partial charge in [0.15, 0.2) is 0 Å². The van der Waals surface area contributed by atoms with Gasteiger partial charge in [0.05, 0.1) is 0 Å². The third-order valence-electron chi connectivity index (χ3n) is 3.19. The van der Waals surface area contributed by atoms with Crippen molar-refractivity contribution < 1.29 is 0 Å². The van der Waals surface area contributed by atoms with Crippen molar-refractivity contribution in [2.24, 2.45) is 0 Å². The summed E-state index contributed by atoms with van der Waals surface area (Å²) in [7, 11) is 0. The maximum atomic E-state index is 4.71. The van der Waals surface area contributed by atoms with Gasteiger partial charge in [-0.05, 0) is 0 Å². The molecule has 3 heteroatoms. The van der Waals surface area contributed by atoms with E-state index in [9.17, 15) is 0 Å². The molecular weight excluding hydrogens is 312 g/mol. The van der Waals surface area contributed by atoms with E-state index < -0.39 is 0 Å². The molecular formula is C17H16N2Se. The Morgan fingerprint density at radius 1 is 0.850 bits per heavy atom. The maximum absolute atomic E-state index is 4.71. The summed E-state index contributed by atoms with van der Waals surface area (Å²) < 4.78 is 4.82.